The minimum atomic E-state index is -1.30. The molecule has 0 aromatic heterocycles. The summed E-state index contributed by atoms with van der Waals surface area (Å²) in [6.45, 7) is 19.0. The Labute approximate surface area is 472 Å². The molecule has 446 valence electrons. The Morgan fingerprint density at radius 2 is 1.73 bits per heavy atom. The standard InChI is InChI=1S/C61H92FN5O13/c1-12-42-30-37(6)61(65-55(42)72)40(9)53(71)39(8)51(79-61)33-48(69)35(4)20-15-13-16-21-36(5)50-24-18-14-17-23-47(68)38(7)54-43(27-28-60(10,77-11)80-54)56(73)64-52(34(2)3)57(74)63-46(31-41-25-26-44(62)49(70)32-41)58(75)67-29-19-22-45(66-67)59(76)78-50/h13-14,16-18,21,23,25-26,32,34-35,37-40,42-43,45-48,50-54,66,68-71H,12,15,19-20,22,24,27-31,33H2,1-11H3,(H,63,74)(H,64,73)(H,65,72)/b16-13+,18-14+,23-17+,36-21+/t35-,37-,38-,39-,40-,42-,43+,45?,46-,47-,48-,50-,51-,52-,53-,54+,60?,61+/m0/s1. The van der Waals surface area contributed by atoms with Gasteiger partial charge in [0.1, 0.15) is 30.0 Å². The van der Waals surface area contributed by atoms with Gasteiger partial charge in [-0.3, -0.25) is 29.0 Å². The molecule has 2 bridgehead atoms. The van der Waals surface area contributed by atoms with E-state index in [-0.39, 0.29) is 54.9 Å². The molecule has 4 fully saturated rings. The molecule has 6 rings (SSSR count). The van der Waals surface area contributed by atoms with Crippen LogP contribution >= 0.6 is 0 Å². The molecule has 5 heterocycles. The van der Waals surface area contributed by atoms with Crippen LogP contribution < -0.4 is 21.4 Å². The molecule has 2 unspecified atom stereocenters. The third-order valence-corrected chi connectivity index (χ3v) is 17.9. The van der Waals surface area contributed by atoms with Crippen molar-refractivity contribution in [2.75, 3.05) is 13.7 Å². The number of cyclic esters (lactones) is 1. The Morgan fingerprint density at radius 3 is 2.41 bits per heavy atom. The molecule has 5 aliphatic rings. The lowest BCUT2D eigenvalue weighted by atomic mass is 9.69. The van der Waals surface area contributed by atoms with Crippen LogP contribution in [0.4, 0.5) is 4.39 Å². The lowest BCUT2D eigenvalue weighted by molar-refractivity contribution is -0.280. The fourth-order valence-corrected chi connectivity index (χ4v) is 12.1. The van der Waals surface area contributed by atoms with Gasteiger partial charge >= 0.3 is 5.97 Å². The molecule has 4 amide bonds. The normalized spacial score (nSPS) is 37.1. The van der Waals surface area contributed by atoms with Crippen molar-refractivity contribution >= 4 is 29.6 Å². The van der Waals surface area contributed by atoms with Crippen molar-refractivity contribution in [1.29, 1.82) is 0 Å². The first kappa shape index (κ1) is 64.2. The van der Waals surface area contributed by atoms with Crippen LogP contribution in [-0.4, -0.2) is 135 Å². The van der Waals surface area contributed by atoms with Gasteiger partial charge in [-0.2, -0.15) is 0 Å². The SMILES string of the molecule is CC[C@H]1C[C@H](C)[C@@]2(NC1=O)O[C@@H](C[C@H](O)[C@@H](C)CC/C=C/C=C(\C)[C@@H]1C/C=C/C=C/[C@H](O)[C@H](C)[C@H]3OC(C)(OC)CC[C@H]3C(=O)N[C@@H](C(C)C)C(=O)N[C@@H](Cc3ccc(F)c(O)c3)C(=O)N3CCCC(N3)C(=O)O1)[C@H](C)[C@H](O)[C@@H]2C. The van der Waals surface area contributed by atoms with E-state index in [1.807, 2.05) is 58.9 Å². The summed E-state index contributed by atoms with van der Waals surface area (Å²) in [5.41, 5.74) is 3.07. The van der Waals surface area contributed by atoms with E-state index in [1.54, 1.807) is 45.9 Å². The van der Waals surface area contributed by atoms with Gasteiger partial charge in [0, 0.05) is 68.9 Å². The number of aromatic hydroxyl groups is 1. The van der Waals surface area contributed by atoms with Gasteiger partial charge in [0.25, 0.3) is 5.91 Å². The molecule has 0 aliphatic carbocycles. The Bertz CT molecular complexity index is 2440. The van der Waals surface area contributed by atoms with Crippen LogP contribution in [0.2, 0.25) is 0 Å². The largest absolute Gasteiger partial charge is 0.505 e. The second kappa shape index (κ2) is 28.3. The fraction of sp³-hybridized carbons (Fsp3) is 0.689. The number of fused-ring (bicyclic) bond motifs is 3. The number of halogens is 1. The number of allylic oxidation sites excluding steroid dienone is 5. The highest BCUT2D eigenvalue weighted by molar-refractivity contribution is 5.93. The lowest BCUT2D eigenvalue weighted by Gasteiger charge is -2.56. The molecule has 5 aliphatic heterocycles. The number of methoxy groups -OCH3 is 1. The third kappa shape index (κ3) is 15.5. The van der Waals surface area contributed by atoms with E-state index in [9.17, 15) is 48.8 Å². The molecule has 18 nitrogen and oxygen atoms in total. The number of aliphatic hydroxyl groups is 3. The van der Waals surface area contributed by atoms with Crippen LogP contribution in [0, 0.1) is 53.2 Å². The van der Waals surface area contributed by atoms with E-state index in [0.717, 1.165) is 12.5 Å². The first-order valence-corrected chi connectivity index (χ1v) is 29.1. The first-order valence-electron chi connectivity index (χ1n) is 29.1. The van der Waals surface area contributed by atoms with Crippen molar-refractivity contribution in [2.45, 2.75) is 206 Å². The Kier molecular flexibility index (Phi) is 22.7. The van der Waals surface area contributed by atoms with E-state index < -0.39 is 119 Å². The number of carbonyl (C=O) groups is 5. The predicted octanol–water partition coefficient (Wildman–Crippen LogP) is 6.36. The van der Waals surface area contributed by atoms with Crippen molar-refractivity contribution in [2.24, 2.45) is 47.3 Å². The van der Waals surface area contributed by atoms with E-state index in [1.165, 1.54) is 24.3 Å². The zero-order valence-electron chi connectivity index (χ0n) is 48.9. The topological polar surface area (TPSA) is 255 Å². The number of phenols is 1. The second-order valence-electron chi connectivity index (χ2n) is 24.0. The second-order valence-corrected chi connectivity index (χ2v) is 24.0. The Balaban J connectivity index is 1.20. The van der Waals surface area contributed by atoms with E-state index >= 15 is 0 Å². The number of ether oxygens (including phenoxy) is 4. The first-order chi connectivity index (χ1) is 37.8. The molecular formula is C61H92FN5O13. The Hall–Kier alpha value is -5.02. The van der Waals surface area contributed by atoms with Crippen LogP contribution in [0.3, 0.4) is 0 Å². The third-order valence-electron chi connectivity index (χ3n) is 17.9. The number of hydrazine groups is 1. The summed E-state index contributed by atoms with van der Waals surface area (Å²) in [7, 11) is 1.51. The van der Waals surface area contributed by atoms with Gasteiger partial charge in [0.15, 0.2) is 17.4 Å². The summed E-state index contributed by atoms with van der Waals surface area (Å²) in [5.74, 6) is -7.73. The summed E-state index contributed by atoms with van der Waals surface area (Å²) >= 11 is 0. The zero-order valence-corrected chi connectivity index (χ0v) is 48.9. The molecule has 0 saturated carbocycles. The van der Waals surface area contributed by atoms with E-state index in [4.69, 9.17) is 18.9 Å². The summed E-state index contributed by atoms with van der Waals surface area (Å²) < 4.78 is 39.3. The van der Waals surface area contributed by atoms with Gasteiger partial charge < -0.3 is 55.3 Å². The van der Waals surface area contributed by atoms with Crippen LogP contribution in [0.25, 0.3) is 0 Å². The average molecular weight is 1120 g/mol. The molecule has 1 spiro atoms. The highest BCUT2D eigenvalue weighted by atomic mass is 19.1. The maximum absolute atomic E-state index is 14.6. The summed E-state index contributed by atoms with van der Waals surface area (Å²) in [5, 5.41) is 54.9. The maximum atomic E-state index is 14.6. The number of esters is 1. The maximum Gasteiger partial charge on any atom is 0.325 e. The van der Waals surface area contributed by atoms with Gasteiger partial charge in [0.2, 0.25) is 17.7 Å². The van der Waals surface area contributed by atoms with E-state index in [0.29, 0.717) is 62.5 Å². The molecule has 18 atom stereocenters. The molecule has 19 heteroatoms. The molecule has 80 heavy (non-hydrogen) atoms. The highest BCUT2D eigenvalue weighted by Crippen LogP contribution is 2.46. The van der Waals surface area contributed by atoms with Crippen LogP contribution in [0.15, 0.2) is 66.3 Å². The minimum absolute atomic E-state index is 0.0255. The number of nitrogens with zero attached hydrogens (tertiary/aromatic N) is 1. The molecule has 0 radical (unpaired) electrons. The summed E-state index contributed by atoms with van der Waals surface area (Å²) in [4.78, 5) is 70.5. The number of aliphatic hydroxyl groups excluding tert-OH is 3. The molecule has 8 N–H and O–H groups in total. The smallest absolute Gasteiger partial charge is 0.325 e. The number of hydrogen-bond acceptors (Lipinski definition) is 14. The number of hydrogen-bond donors (Lipinski definition) is 8. The average Bonchev–Trinajstić information content (AvgIpc) is 3.56. The minimum Gasteiger partial charge on any atom is -0.505 e. The fourth-order valence-electron chi connectivity index (χ4n) is 12.1. The van der Waals surface area contributed by atoms with Crippen molar-refractivity contribution in [3.8, 4) is 5.75 Å². The number of amides is 4. The quantitative estimate of drug-likeness (QED) is 0.0791. The van der Waals surface area contributed by atoms with Crippen molar-refractivity contribution in [3.63, 3.8) is 0 Å². The summed E-state index contributed by atoms with van der Waals surface area (Å²) in [6.07, 6.45) is 12.3. The predicted molar refractivity (Wildman–Crippen MR) is 299 cm³/mol. The lowest BCUT2D eigenvalue weighted by Crippen LogP contribution is -2.71. The monoisotopic (exact) mass is 1120 g/mol. The van der Waals surface area contributed by atoms with Gasteiger partial charge in [0.05, 0.1) is 36.4 Å². The van der Waals surface area contributed by atoms with Crippen molar-refractivity contribution < 1.29 is 67.7 Å². The van der Waals surface area contributed by atoms with Gasteiger partial charge in [-0.25, -0.2) is 9.82 Å². The number of rotatable bonds is 13. The number of carbonyl (C=O) groups excluding carboxylic acids is 5. The van der Waals surface area contributed by atoms with Gasteiger partial charge in [-0.1, -0.05) is 104 Å². The molecule has 1 aromatic rings. The van der Waals surface area contributed by atoms with Crippen LogP contribution in [0.5, 0.6) is 5.75 Å². The van der Waals surface area contributed by atoms with Crippen molar-refractivity contribution in [3.05, 3.63) is 77.7 Å². The van der Waals surface area contributed by atoms with Crippen LogP contribution in [0.1, 0.15) is 139 Å². The molecule has 1 aromatic carbocycles. The number of piperidine rings is 1. The van der Waals surface area contributed by atoms with Crippen molar-refractivity contribution in [1.82, 2.24) is 26.4 Å². The number of nitrogens with one attached hydrogen (secondary N) is 4. The highest BCUT2D eigenvalue weighted by Gasteiger charge is 2.57. The van der Waals surface area contributed by atoms with E-state index in [2.05, 4.69) is 28.3 Å². The van der Waals surface area contributed by atoms with Crippen LogP contribution in [-0.2, 0) is 49.3 Å². The summed E-state index contributed by atoms with van der Waals surface area (Å²) in [6, 6.07) is 0.242. The number of phenolic OH excluding ortho intramolecular Hbond substituents is 1. The molecule has 4 saturated heterocycles. The van der Waals surface area contributed by atoms with Gasteiger partial charge in [-0.05, 0) is 93.9 Å². The zero-order chi connectivity index (χ0) is 58.8. The molecular weight excluding hydrogens is 1030 g/mol. The number of benzene rings is 1. The Morgan fingerprint density at radius 1 is 0.988 bits per heavy atom. The van der Waals surface area contributed by atoms with Gasteiger partial charge in [-0.15, -0.1) is 0 Å².